The minimum absolute atomic E-state index is 0.0111. The predicted molar refractivity (Wildman–Crippen MR) is 108 cm³/mol. The topological polar surface area (TPSA) is 106 Å². The highest BCUT2D eigenvalue weighted by Crippen LogP contribution is 2.31. The highest BCUT2D eigenvalue weighted by molar-refractivity contribution is 8.00. The number of hydrogen-bond donors (Lipinski definition) is 2. The zero-order valence-electron chi connectivity index (χ0n) is 16.5. The Kier molecular flexibility index (Phi) is 6.86. The van der Waals surface area contributed by atoms with Crippen molar-refractivity contribution >= 4 is 23.7 Å². The number of urea groups is 1. The van der Waals surface area contributed by atoms with Crippen LogP contribution in [0.5, 0.6) is 0 Å². The maximum absolute atomic E-state index is 13.5. The van der Waals surface area contributed by atoms with Crippen molar-refractivity contribution in [3.8, 4) is 5.69 Å². The Morgan fingerprint density at radius 2 is 1.79 bits per heavy atom. The molecule has 1 saturated heterocycles. The molecular weight excluding hydrogens is 395 g/mol. The second-order valence-electron chi connectivity index (χ2n) is 7.04. The monoisotopic (exact) mass is 420 g/mol. The number of primary amides is 1. The number of benzene rings is 1. The number of nitrogens with one attached hydrogen (secondary N) is 1. The van der Waals surface area contributed by atoms with Crippen LogP contribution in [0, 0.1) is 5.82 Å². The lowest BCUT2D eigenvalue weighted by atomic mass is 10.1. The molecular formula is C19H25FN6O2S. The fourth-order valence-electron chi connectivity index (χ4n) is 3.36. The molecule has 3 rings (SSSR count). The van der Waals surface area contributed by atoms with Gasteiger partial charge in [0.25, 0.3) is 0 Å². The van der Waals surface area contributed by atoms with Crippen molar-refractivity contribution in [1.82, 2.24) is 25.0 Å². The quantitative estimate of drug-likeness (QED) is 0.696. The number of rotatable bonds is 6. The van der Waals surface area contributed by atoms with E-state index in [4.69, 9.17) is 5.73 Å². The number of thioether (sulfide) groups is 1. The summed E-state index contributed by atoms with van der Waals surface area (Å²) in [6.45, 7) is 5.70. The first-order chi connectivity index (χ1) is 13.9. The van der Waals surface area contributed by atoms with Gasteiger partial charge in [-0.25, -0.2) is 9.18 Å². The molecule has 2 unspecified atom stereocenters. The molecule has 156 valence electrons. The number of nitrogens with two attached hydrogens (primary N) is 1. The van der Waals surface area contributed by atoms with Gasteiger partial charge in [-0.05, 0) is 64.0 Å². The molecule has 0 aliphatic carbocycles. The molecule has 10 heteroatoms. The third kappa shape index (κ3) is 5.13. The first-order valence-corrected chi connectivity index (χ1v) is 10.5. The molecule has 29 heavy (non-hydrogen) atoms. The van der Waals surface area contributed by atoms with Crippen LogP contribution in [0.2, 0.25) is 0 Å². The van der Waals surface area contributed by atoms with Crippen LogP contribution in [0.3, 0.4) is 0 Å². The van der Waals surface area contributed by atoms with Crippen molar-refractivity contribution in [3.05, 3.63) is 35.9 Å². The van der Waals surface area contributed by atoms with Crippen LogP contribution in [-0.2, 0) is 4.79 Å². The number of piperidine rings is 1. The fraction of sp³-hybridized carbons (Fsp3) is 0.474. The number of carbonyl (C=O) groups excluding carboxylic acids is 2. The molecule has 2 aromatic rings. The van der Waals surface area contributed by atoms with Crippen molar-refractivity contribution in [1.29, 1.82) is 0 Å². The van der Waals surface area contributed by atoms with Crippen LogP contribution in [0.4, 0.5) is 9.18 Å². The molecule has 0 spiro atoms. The Hall–Kier alpha value is -2.46. The molecule has 8 nitrogen and oxygen atoms in total. The summed E-state index contributed by atoms with van der Waals surface area (Å²) in [5, 5.41) is 10.6. The van der Waals surface area contributed by atoms with Gasteiger partial charge in [0, 0.05) is 5.69 Å². The molecule has 1 aromatic carbocycles. The minimum Gasteiger partial charge on any atom is -0.351 e. The Morgan fingerprint density at radius 3 is 2.41 bits per heavy atom. The Bertz CT molecular complexity index is 866. The van der Waals surface area contributed by atoms with Crippen LogP contribution in [0.15, 0.2) is 29.4 Å². The maximum atomic E-state index is 13.5. The zero-order valence-corrected chi connectivity index (χ0v) is 17.3. The molecule has 1 fully saturated rings. The van der Waals surface area contributed by atoms with E-state index in [2.05, 4.69) is 27.3 Å². The van der Waals surface area contributed by atoms with E-state index in [0.717, 1.165) is 43.5 Å². The van der Waals surface area contributed by atoms with Crippen LogP contribution >= 0.6 is 11.8 Å². The Morgan fingerprint density at radius 1 is 1.14 bits per heavy atom. The van der Waals surface area contributed by atoms with Gasteiger partial charge in [0.1, 0.15) is 5.82 Å². The third-order valence-electron chi connectivity index (χ3n) is 4.95. The average Bonchev–Trinajstić information content (AvgIpc) is 3.11. The molecule has 0 bridgehead atoms. The number of imide groups is 1. The smallest absolute Gasteiger partial charge is 0.318 e. The Labute approximate surface area is 173 Å². The second-order valence-corrected chi connectivity index (χ2v) is 8.35. The highest BCUT2D eigenvalue weighted by Gasteiger charge is 2.27. The van der Waals surface area contributed by atoms with Crippen LogP contribution < -0.4 is 11.1 Å². The van der Waals surface area contributed by atoms with Gasteiger partial charge in [-0.2, -0.15) is 0 Å². The van der Waals surface area contributed by atoms with Gasteiger partial charge in [0.15, 0.2) is 11.0 Å². The number of halogens is 1. The first-order valence-electron chi connectivity index (χ1n) is 9.59. The van der Waals surface area contributed by atoms with E-state index in [1.165, 1.54) is 18.6 Å². The van der Waals surface area contributed by atoms with Gasteiger partial charge in [0.2, 0.25) is 5.91 Å². The van der Waals surface area contributed by atoms with Crippen molar-refractivity contribution in [2.24, 2.45) is 5.73 Å². The highest BCUT2D eigenvalue weighted by atomic mass is 32.2. The summed E-state index contributed by atoms with van der Waals surface area (Å²) in [7, 11) is 0. The van der Waals surface area contributed by atoms with Crippen molar-refractivity contribution in [2.75, 3.05) is 13.1 Å². The maximum Gasteiger partial charge on any atom is 0.318 e. The van der Waals surface area contributed by atoms with Gasteiger partial charge in [0.05, 0.1) is 11.3 Å². The second kappa shape index (κ2) is 9.36. The van der Waals surface area contributed by atoms with E-state index in [1.807, 2.05) is 4.57 Å². The first kappa shape index (κ1) is 21.3. The van der Waals surface area contributed by atoms with Crippen LogP contribution in [0.1, 0.15) is 45.0 Å². The number of likely N-dealkylation sites (tertiary alicyclic amines) is 1. The minimum atomic E-state index is -0.901. The lowest BCUT2D eigenvalue weighted by Gasteiger charge is -2.32. The standard InChI is InChI=1S/C19H25FN6O2S/c1-12(25-10-4-3-5-11-25)16-23-24-19(29-13(2)17(27)22-18(21)28)26(16)15-8-6-14(20)7-9-15/h6-9,12-13H,3-5,10-11H2,1-2H3,(H3,21,22,27,28). The molecule has 2 atom stereocenters. The van der Waals surface area contributed by atoms with Crippen molar-refractivity contribution < 1.29 is 14.0 Å². The average molecular weight is 421 g/mol. The molecule has 0 radical (unpaired) electrons. The normalized spacial score (nSPS) is 16.9. The van der Waals surface area contributed by atoms with E-state index in [-0.39, 0.29) is 11.9 Å². The summed E-state index contributed by atoms with van der Waals surface area (Å²) in [5.74, 6) is -0.124. The number of carbonyl (C=O) groups is 2. The fourth-order valence-corrected chi connectivity index (χ4v) is 4.24. The van der Waals surface area contributed by atoms with Gasteiger partial charge in [-0.15, -0.1) is 10.2 Å². The molecule has 3 N–H and O–H groups in total. The number of nitrogens with zero attached hydrogens (tertiary/aromatic N) is 4. The summed E-state index contributed by atoms with van der Waals surface area (Å²) in [6.07, 6.45) is 3.50. The van der Waals surface area contributed by atoms with Gasteiger partial charge < -0.3 is 5.73 Å². The molecule has 2 heterocycles. The molecule has 1 aliphatic heterocycles. The summed E-state index contributed by atoms with van der Waals surface area (Å²) < 4.78 is 15.3. The molecule has 1 aliphatic rings. The lowest BCUT2D eigenvalue weighted by molar-refractivity contribution is -0.119. The van der Waals surface area contributed by atoms with Crippen LogP contribution in [-0.4, -0.2) is 49.9 Å². The SMILES string of the molecule is CC(Sc1nnc(C(C)N2CCCCC2)n1-c1ccc(F)cc1)C(=O)NC(N)=O. The van der Waals surface area contributed by atoms with Gasteiger partial charge >= 0.3 is 6.03 Å². The van der Waals surface area contributed by atoms with E-state index in [9.17, 15) is 14.0 Å². The largest absolute Gasteiger partial charge is 0.351 e. The van der Waals surface area contributed by atoms with Gasteiger partial charge in [-0.1, -0.05) is 18.2 Å². The predicted octanol–water partition coefficient (Wildman–Crippen LogP) is 2.63. The summed E-state index contributed by atoms with van der Waals surface area (Å²) in [5.41, 5.74) is 5.74. The zero-order chi connectivity index (χ0) is 21.0. The van der Waals surface area contributed by atoms with Crippen molar-refractivity contribution in [3.63, 3.8) is 0 Å². The molecule has 3 amide bonds. The van der Waals surface area contributed by atoms with E-state index < -0.39 is 17.2 Å². The molecule has 0 saturated carbocycles. The Balaban J connectivity index is 1.93. The third-order valence-corrected chi connectivity index (χ3v) is 6.00. The van der Waals surface area contributed by atoms with E-state index >= 15 is 0 Å². The van der Waals surface area contributed by atoms with Gasteiger partial charge in [-0.3, -0.25) is 19.6 Å². The van der Waals surface area contributed by atoms with E-state index in [1.54, 1.807) is 19.1 Å². The van der Waals surface area contributed by atoms with Crippen molar-refractivity contribution in [2.45, 2.75) is 49.6 Å². The van der Waals surface area contributed by atoms with E-state index in [0.29, 0.717) is 10.8 Å². The summed E-state index contributed by atoms with van der Waals surface area (Å²) in [6, 6.07) is 5.18. The summed E-state index contributed by atoms with van der Waals surface area (Å²) >= 11 is 1.16. The van der Waals surface area contributed by atoms with Crippen LogP contribution in [0.25, 0.3) is 5.69 Å². The number of hydrogen-bond acceptors (Lipinski definition) is 6. The lowest BCUT2D eigenvalue weighted by Crippen LogP contribution is -2.39. The summed E-state index contributed by atoms with van der Waals surface area (Å²) in [4.78, 5) is 25.4. The number of amides is 3. The molecule has 1 aromatic heterocycles. The number of aromatic nitrogens is 3.